The predicted octanol–water partition coefficient (Wildman–Crippen LogP) is 2.65. The van der Waals surface area contributed by atoms with Gasteiger partial charge in [0.15, 0.2) is 0 Å². The van der Waals surface area contributed by atoms with Gasteiger partial charge in [-0.3, -0.25) is 9.69 Å². The summed E-state index contributed by atoms with van der Waals surface area (Å²) in [5.74, 6) is 0.0450. The maximum atomic E-state index is 10.8. The molecule has 0 heterocycles. The molecule has 1 aromatic rings. The first kappa shape index (κ1) is 16.3. The van der Waals surface area contributed by atoms with Crippen molar-refractivity contribution in [1.29, 1.82) is 0 Å². The number of phenols is 1. The minimum absolute atomic E-state index is 0.0766. The maximum Gasteiger partial charge on any atom is 0.304 e. The average molecular weight is 281 g/mol. The molecule has 0 saturated carbocycles. The molecule has 20 heavy (non-hydrogen) atoms. The Morgan fingerprint density at radius 3 is 2.50 bits per heavy atom. The number of hydrogen-bond acceptors (Lipinski definition) is 4. The molecule has 0 amide bonds. The van der Waals surface area contributed by atoms with Gasteiger partial charge in [0.25, 0.3) is 0 Å². The fourth-order valence-electron chi connectivity index (χ4n) is 2.30. The third-order valence-electron chi connectivity index (χ3n) is 3.43. The standard InChI is InChI=1S/C15H23NO4/c1-10(2)16(8-7-15(18)19)11(3)13-9-12(20-4)5-6-14(13)17/h5-6,9-11,17H,7-8H2,1-4H3,(H,18,19). The molecule has 0 radical (unpaired) electrons. The number of aliphatic carboxylic acids is 1. The van der Waals surface area contributed by atoms with E-state index in [-0.39, 0.29) is 24.3 Å². The Bertz CT molecular complexity index is 459. The van der Waals surface area contributed by atoms with E-state index in [1.165, 1.54) is 0 Å². The van der Waals surface area contributed by atoms with E-state index < -0.39 is 5.97 Å². The normalized spacial score (nSPS) is 12.7. The molecule has 5 heteroatoms. The lowest BCUT2D eigenvalue weighted by Gasteiger charge is -2.33. The van der Waals surface area contributed by atoms with Gasteiger partial charge >= 0.3 is 5.97 Å². The van der Waals surface area contributed by atoms with Gasteiger partial charge in [-0.05, 0) is 39.0 Å². The molecular weight excluding hydrogens is 258 g/mol. The Balaban J connectivity index is 2.99. The second-order valence-corrected chi connectivity index (χ2v) is 5.08. The molecule has 0 spiro atoms. The summed E-state index contributed by atoms with van der Waals surface area (Å²) in [6, 6.07) is 5.17. The number of carbonyl (C=O) groups is 1. The SMILES string of the molecule is COc1ccc(O)c(C(C)N(CCC(=O)O)C(C)C)c1. The summed E-state index contributed by atoms with van der Waals surface area (Å²) in [4.78, 5) is 12.8. The third kappa shape index (κ3) is 4.13. The Labute approximate surface area is 119 Å². The monoisotopic (exact) mass is 281 g/mol. The molecule has 0 aliphatic carbocycles. The van der Waals surface area contributed by atoms with Gasteiger partial charge in [0.05, 0.1) is 13.5 Å². The van der Waals surface area contributed by atoms with Gasteiger partial charge in [0, 0.05) is 24.2 Å². The van der Waals surface area contributed by atoms with E-state index in [2.05, 4.69) is 0 Å². The molecule has 1 aromatic carbocycles. The topological polar surface area (TPSA) is 70.0 Å². The van der Waals surface area contributed by atoms with Gasteiger partial charge in [-0.1, -0.05) is 0 Å². The zero-order valence-corrected chi connectivity index (χ0v) is 12.5. The second kappa shape index (κ2) is 7.14. The summed E-state index contributed by atoms with van der Waals surface area (Å²) in [5, 5.41) is 18.8. The number of phenolic OH excluding ortho intramolecular Hbond substituents is 1. The second-order valence-electron chi connectivity index (χ2n) is 5.08. The summed E-state index contributed by atoms with van der Waals surface area (Å²) in [6.45, 7) is 6.41. The number of aromatic hydroxyl groups is 1. The number of ether oxygens (including phenoxy) is 1. The molecule has 112 valence electrons. The van der Waals surface area contributed by atoms with Crippen LogP contribution in [-0.4, -0.2) is 40.8 Å². The molecule has 1 atom stereocenters. The van der Waals surface area contributed by atoms with Crippen LogP contribution in [0.1, 0.15) is 38.8 Å². The molecule has 0 fully saturated rings. The highest BCUT2D eigenvalue weighted by molar-refractivity contribution is 5.66. The van der Waals surface area contributed by atoms with Crippen molar-refractivity contribution in [3.8, 4) is 11.5 Å². The lowest BCUT2D eigenvalue weighted by atomic mass is 10.0. The van der Waals surface area contributed by atoms with Gasteiger partial charge in [-0.2, -0.15) is 0 Å². The zero-order chi connectivity index (χ0) is 15.3. The van der Waals surface area contributed by atoms with Gasteiger partial charge < -0.3 is 14.9 Å². The van der Waals surface area contributed by atoms with Crippen LogP contribution in [0.3, 0.4) is 0 Å². The van der Waals surface area contributed by atoms with E-state index >= 15 is 0 Å². The fraction of sp³-hybridized carbons (Fsp3) is 0.533. The van der Waals surface area contributed by atoms with Crippen LogP contribution >= 0.6 is 0 Å². The van der Waals surface area contributed by atoms with Crippen LogP contribution in [0.4, 0.5) is 0 Å². The smallest absolute Gasteiger partial charge is 0.304 e. The molecule has 0 aliphatic heterocycles. The van der Waals surface area contributed by atoms with E-state index in [4.69, 9.17) is 9.84 Å². The summed E-state index contributed by atoms with van der Waals surface area (Å²) in [7, 11) is 1.57. The number of nitrogens with zero attached hydrogens (tertiary/aromatic N) is 1. The van der Waals surface area contributed by atoms with Crippen LogP contribution in [0.2, 0.25) is 0 Å². The van der Waals surface area contributed by atoms with Gasteiger partial charge in [0.1, 0.15) is 11.5 Å². The highest BCUT2D eigenvalue weighted by atomic mass is 16.5. The zero-order valence-electron chi connectivity index (χ0n) is 12.5. The number of methoxy groups -OCH3 is 1. The Kier molecular flexibility index (Phi) is 5.82. The van der Waals surface area contributed by atoms with E-state index in [1.54, 1.807) is 25.3 Å². The number of hydrogen-bond donors (Lipinski definition) is 2. The average Bonchev–Trinajstić information content (AvgIpc) is 2.38. The molecular formula is C15H23NO4. The first-order valence-corrected chi connectivity index (χ1v) is 6.71. The molecule has 5 nitrogen and oxygen atoms in total. The summed E-state index contributed by atoms with van der Waals surface area (Å²) in [5.41, 5.74) is 0.739. The van der Waals surface area contributed by atoms with Gasteiger partial charge in [-0.25, -0.2) is 0 Å². The molecule has 0 saturated heterocycles. The van der Waals surface area contributed by atoms with Crippen molar-refractivity contribution in [3.63, 3.8) is 0 Å². The van der Waals surface area contributed by atoms with Crippen LogP contribution in [0.15, 0.2) is 18.2 Å². The minimum Gasteiger partial charge on any atom is -0.508 e. The van der Waals surface area contributed by atoms with E-state index in [1.807, 2.05) is 25.7 Å². The summed E-state index contributed by atoms with van der Waals surface area (Å²) < 4.78 is 5.17. The van der Waals surface area contributed by atoms with Crippen molar-refractivity contribution in [2.75, 3.05) is 13.7 Å². The lowest BCUT2D eigenvalue weighted by molar-refractivity contribution is -0.137. The molecule has 0 aliphatic rings. The van der Waals surface area contributed by atoms with E-state index in [0.717, 1.165) is 5.56 Å². The number of carboxylic acids is 1. The van der Waals surface area contributed by atoms with Crippen molar-refractivity contribution in [1.82, 2.24) is 4.90 Å². The minimum atomic E-state index is -0.822. The maximum absolute atomic E-state index is 10.8. The number of benzene rings is 1. The van der Waals surface area contributed by atoms with Crippen molar-refractivity contribution >= 4 is 5.97 Å². The third-order valence-corrected chi connectivity index (χ3v) is 3.43. The molecule has 0 bridgehead atoms. The molecule has 1 unspecified atom stereocenters. The first-order valence-electron chi connectivity index (χ1n) is 6.71. The first-order chi connectivity index (χ1) is 9.36. The van der Waals surface area contributed by atoms with Crippen LogP contribution in [0, 0.1) is 0 Å². The van der Waals surface area contributed by atoms with Crippen LogP contribution < -0.4 is 4.74 Å². The van der Waals surface area contributed by atoms with Crippen LogP contribution in [-0.2, 0) is 4.79 Å². The van der Waals surface area contributed by atoms with Crippen molar-refractivity contribution in [2.45, 2.75) is 39.3 Å². The molecule has 0 aromatic heterocycles. The van der Waals surface area contributed by atoms with E-state index in [9.17, 15) is 9.90 Å². The van der Waals surface area contributed by atoms with Crippen molar-refractivity contribution in [3.05, 3.63) is 23.8 Å². The van der Waals surface area contributed by atoms with Crippen LogP contribution in [0.25, 0.3) is 0 Å². The largest absolute Gasteiger partial charge is 0.508 e. The fourth-order valence-corrected chi connectivity index (χ4v) is 2.30. The number of carboxylic acid groups (broad SMARTS) is 1. The lowest BCUT2D eigenvalue weighted by Crippen LogP contribution is -2.35. The molecule has 1 rings (SSSR count). The Morgan fingerprint density at radius 2 is 2.00 bits per heavy atom. The van der Waals surface area contributed by atoms with E-state index in [0.29, 0.717) is 12.3 Å². The quantitative estimate of drug-likeness (QED) is 0.804. The molecule has 2 N–H and O–H groups in total. The highest BCUT2D eigenvalue weighted by Crippen LogP contribution is 2.32. The van der Waals surface area contributed by atoms with Gasteiger partial charge in [0.2, 0.25) is 0 Å². The Morgan fingerprint density at radius 1 is 1.35 bits per heavy atom. The van der Waals surface area contributed by atoms with Crippen molar-refractivity contribution < 1.29 is 19.7 Å². The van der Waals surface area contributed by atoms with Crippen LogP contribution in [0.5, 0.6) is 11.5 Å². The summed E-state index contributed by atoms with van der Waals surface area (Å²) in [6.07, 6.45) is 0.0766. The van der Waals surface area contributed by atoms with Gasteiger partial charge in [-0.15, -0.1) is 0 Å². The highest BCUT2D eigenvalue weighted by Gasteiger charge is 2.22. The van der Waals surface area contributed by atoms with Crippen molar-refractivity contribution in [2.24, 2.45) is 0 Å². The summed E-state index contributed by atoms with van der Waals surface area (Å²) >= 11 is 0. The Hall–Kier alpha value is -1.75. The number of rotatable bonds is 7. The predicted molar refractivity (Wildman–Crippen MR) is 77.2 cm³/mol.